The molecule has 0 saturated carbocycles. The van der Waals surface area contributed by atoms with E-state index >= 15 is 0 Å². The first-order chi connectivity index (χ1) is 6.99. The molecule has 0 atom stereocenters. The number of aliphatic hydroxyl groups excluding tert-OH is 1. The van der Waals surface area contributed by atoms with Crippen LogP contribution in [0.5, 0.6) is 0 Å². The molecule has 0 saturated heterocycles. The van der Waals surface area contributed by atoms with Gasteiger partial charge in [-0.25, -0.2) is 0 Å². The summed E-state index contributed by atoms with van der Waals surface area (Å²) in [5.41, 5.74) is 5.05. The minimum atomic E-state index is -0.501. The second kappa shape index (κ2) is 7.23. The molecule has 0 unspecified atom stereocenters. The second-order valence-electron chi connectivity index (χ2n) is 3.76. The summed E-state index contributed by atoms with van der Waals surface area (Å²) in [5.74, 6) is -0.587. The van der Waals surface area contributed by atoms with E-state index in [1.807, 2.05) is 13.8 Å². The van der Waals surface area contributed by atoms with Crippen molar-refractivity contribution in [2.75, 3.05) is 13.2 Å². The number of carbonyl (C=O) groups excluding carboxylic acids is 2. The van der Waals surface area contributed by atoms with E-state index in [1.165, 1.54) is 4.90 Å². The molecule has 5 nitrogen and oxygen atoms in total. The van der Waals surface area contributed by atoms with Crippen molar-refractivity contribution in [3.05, 3.63) is 0 Å². The number of aliphatic hydroxyl groups is 1. The number of nitrogens with zero attached hydrogens (tertiary/aromatic N) is 1. The minimum Gasteiger partial charge on any atom is -0.396 e. The number of primary amides is 1. The molecular weight excluding hydrogens is 196 g/mol. The third-order valence-corrected chi connectivity index (χ3v) is 2.07. The maximum Gasteiger partial charge on any atom is 0.237 e. The van der Waals surface area contributed by atoms with Gasteiger partial charge in [-0.2, -0.15) is 0 Å². The summed E-state index contributed by atoms with van der Waals surface area (Å²) in [7, 11) is 0. The lowest BCUT2D eigenvalue weighted by molar-refractivity contribution is -0.137. The fourth-order valence-corrected chi connectivity index (χ4v) is 1.26. The van der Waals surface area contributed by atoms with Gasteiger partial charge in [0.15, 0.2) is 0 Å². The van der Waals surface area contributed by atoms with Crippen molar-refractivity contribution in [2.24, 2.45) is 5.73 Å². The molecule has 0 aliphatic heterocycles. The van der Waals surface area contributed by atoms with Gasteiger partial charge in [0, 0.05) is 19.1 Å². The number of hydrogen-bond acceptors (Lipinski definition) is 3. The fraction of sp³-hybridized carbons (Fsp3) is 0.800. The normalized spacial score (nSPS) is 10.4. The van der Waals surface area contributed by atoms with E-state index in [2.05, 4.69) is 0 Å². The Kier molecular flexibility index (Phi) is 6.70. The fourth-order valence-electron chi connectivity index (χ4n) is 1.26. The number of carbonyl (C=O) groups is 2. The molecule has 0 radical (unpaired) electrons. The predicted molar refractivity (Wildman–Crippen MR) is 57.0 cm³/mol. The standard InChI is InChI=1S/C10H20N2O3/c1-8(2)12(7-9(11)14)10(15)5-3-4-6-13/h8,13H,3-7H2,1-2H3,(H2,11,14). The van der Waals surface area contributed by atoms with Crippen molar-refractivity contribution in [3.8, 4) is 0 Å². The molecule has 0 aromatic heterocycles. The Morgan fingerprint density at radius 1 is 1.33 bits per heavy atom. The monoisotopic (exact) mass is 216 g/mol. The zero-order valence-electron chi connectivity index (χ0n) is 9.40. The molecule has 0 bridgehead atoms. The van der Waals surface area contributed by atoms with Gasteiger partial charge in [-0.05, 0) is 26.7 Å². The Bertz CT molecular complexity index is 217. The molecule has 0 aliphatic carbocycles. The average molecular weight is 216 g/mol. The Morgan fingerprint density at radius 3 is 2.33 bits per heavy atom. The Balaban J connectivity index is 4.11. The first-order valence-electron chi connectivity index (χ1n) is 5.17. The van der Waals surface area contributed by atoms with E-state index in [0.29, 0.717) is 19.3 Å². The SMILES string of the molecule is CC(C)N(CC(N)=O)C(=O)CCCCO. The van der Waals surface area contributed by atoms with E-state index in [0.717, 1.165) is 0 Å². The summed E-state index contributed by atoms with van der Waals surface area (Å²) in [6.07, 6.45) is 1.59. The molecule has 0 rings (SSSR count). The van der Waals surface area contributed by atoms with Crippen LogP contribution in [0.15, 0.2) is 0 Å². The van der Waals surface area contributed by atoms with Crippen molar-refractivity contribution >= 4 is 11.8 Å². The summed E-state index contributed by atoms with van der Waals surface area (Å²) in [4.78, 5) is 23.8. The van der Waals surface area contributed by atoms with Gasteiger partial charge >= 0.3 is 0 Å². The highest BCUT2D eigenvalue weighted by Gasteiger charge is 2.17. The number of unbranched alkanes of at least 4 members (excludes halogenated alkanes) is 1. The van der Waals surface area contributed by atoms with Gasteiger partial charge in [0.25, 0.3) is 0 Å². The molecular formula is C10H20N2O3. The third kappa shape index (κ3) is 6.06. The summed E-state index contributed by atoms with van der Waals surface area (Å²) >= 11 is 0. The predicted octanol–water partition coefficient (Wildman–Crippen LogP) is -0.129. The van der Waals surface area contributed by atoms with Crippen molar-refractivity contribution < 1.29 is 14.7 Å². The number of nitrogens with two attached hydrogens (primary N) is 1. The van der Waals surface area contributed by atoms with Gasteiger partial charge in [-0.1, -0.05) is 0 Å². The van der Waals surface area contributed by atoms with Crippen molar-refractivity contribution in [2.45, 2.75) is 39.2 Å². The largest absolute Gasteiger partial charge is 0.396 e. The van der Waals surface area contributed by atoms with E-state index in [-0.39, 0.29) is 25.1 Å². The molecule has 3 N–H and O–H groups in total. The van der Waals surface area contributed by atoms with Crippen LogP contribution in [-0.2, 0) is 9.59 Å². The van der Waals surface area contributed by atoms with Crippen LogP contribution in [0.1, 0.15) is 33.1 Å². The highest BCUT2D eigenvalue weighted by Crippen LogP contribution is 2.04. The van der Waals surface area contributed by atoms with Gasteiger partial charge in [-0.3, -0.25) is 9.59 Å². The minimum absolute atomic E-state index is 0.0286. The van der Waals surface area contributed by atoms with Crippen molar-refractivity contribution in [1.29, 1.82) is 0 Å². The lowest BCUT2D eigenvalue weighted by Gasteiger charge is -2.25. The van der Waals surface area contributed by atoms with Crippen molar-refractivity contribution in [1.82, 2.24) is 4.90 Å². The Hall–Kier alpha value is -1.10. The van der Waals surface area contributed by atoms with Gasteiger partial charge in [-0.15, -0.1) is 0 Å². The van der Waals surface area contributed by atoms with Crippen LogP contribution in [0, 0.1) is 0 Å². The molecule has 15 heavy (non-hydrogen) atoms. The Labute approximate surface area is 90.2 Å². The average Bonchev–Trinajstić information content (AvgIpc) is 2.13. The van der Waals surface area contributed by atoms with Gasteiger partial charge in [0.05, 0.1) is 6.54 Å². The molecule has 0 aliphatic rings. The molecule has 0 fully saturated rings. The smallest absolute Gasteiger partial charge is 0.237 e. The molecule has 0 spiro atoms. The molecule has 0 aromatic rings. The first-order valence-corrected chi connectivity index (χ1v) is 5.17. The Morgan fingerprint density at radius 2 is 1.93 bits per heavy atom. The van der Waals surface area contributed by atoms with Crippen LogP contribution >= 0.6 is 0 Å². The van der Waals surface area contributed by atoms with Gasteiger partial charge in [0.2, 0.25) is 11.8 Å². The second-order valence-corrected chi connectivity index (χ2v) is 3.76. The number of rotatable bonds is 7. The molecule has 0 heterocycles. The molecule has 88 valence electrons. The highest BCUT2D eigenvalue weighted by atomic mass is 16.3. The molecule has 0 aromatic carbocycles. The van der Waals surface area contributed by atoms with Crippen molar-refractivity contribution in [3.63, 3.8) is 0 Å². The van der Waals surface area contributed by atoms with E-state index in [4.69, 9.17) is 10.8 Å². The van der Waals surface area contributed by atoms with Gasteiger partial charge < -0.3 is 15.7 Å². The van der Waals surface area contributed by atoms with E-state index in [1.54, 1.807) is 0 Å². The highest BCUT2D eigenvalue weighted by molar-refractivity contribution is 5.83. The third-order valence-electron chi connectivity index (χ3n) is 2.07. The summed E-state index contributed by atoms with van der Waals surface area (Å²) in [6.45, 7) is 3.74. The molecule has 2 amide bonds. The van der Waals surface area contributed by atoms with E-state index in [9.17, 15) is 9.59 Å². The zero-order chi connectivity index (χ0) is 11.8. The molecule has 5 heteroatoms. The number of hydrogen-bond donors (Lipinski definition) is 2. The first kappa shape index (κ1) is 13.9. The van der Waals surface area contributed by atoms with Crippen LogP contribution in [0.3, 0.4) is 0 Å². The summed E-state index contributed by atoms with van der Waals surface area (Å²) < 4.78 is 0. The summed E-state index contributed by atoms with van der Waals surface area (Å²) in [6, 6.07) is -0.0286. The topological polar surface area (TPSA) is 83.6 Å². The quantitative estimate of drug-likeness (QED) is 0.581. The van der Waals surface area contributed by atoms with Crippen LogP contribution in [0.4, 0.5) is 0 Å². The number of amides is 2. The lowest BCUT2D eigenvalue weighted by Crippen LogP contribution is -2.42. The van der Waals surface area contributed by atoms with Crippen LogP contribution in [0.25, 0.3) is 0 Å². The maximum absolute atomic E-state index is 11.6. The van der Waals surface area contributed by atoms with Crippen LogP contribution in [0.2, 0.25) is 0 Å². The van der Waals surface area contributed by atoms with Crippen LogP contribution in [-0.4, -0.2) is 41.0 Å². The van der Waals surface area contributed by atoms with E-state index < -0.39 is 5.91 Å². The lowest BCUT2D eigenvalue weighted by atomic mass is 10.2. The summed E-state index contributed by atoms with van der Waals surface area (Å²) in [5, 5.41) is 8.57. The van der Waals surface area contributed by atoms with Gasteiger partial charge in [0.1, 0.15) is 0 Å². The van der Waals surface area contributed by atoms with Crippen LogP contribution < -0.4 is 5.73 Å². The zero-order valence-corrected chi connectivity index (χ0v) is 9.40. The maximum atomic E-state index is 11.6.